The molecule has 30 heavy (non-hydrogen) atoms. The van der Waals surface area contributed by atoms with Gasteiger partial charge in [-0.15, -0.1) is 11.3 Å². The number of carbonyl (C=O) groups excluding carboxylic acids is 3. The Bertz CT molecular complexity index is 948. The molecule has 1 heterocycles. The zero-order valence-electron chi connectivity index (χ0n) is 17.5. The number of halogens is 2. The van der Waals surface area contributed by atoms with Crippen LogP contribution >= 0.6 is 22.9 Å². The second kappa shape index (κ2) is 9.57. The Balaban J connectivity index is 1.97. The van der Waals surface area contributed by atoms with Gasteiger partial charge in [0.05, 0.1) is 5.00 Å². The highest BCUT2D eigenvalue weighted by Gasteiger charge is 2.24. The third-order valence-electron chi connectivity index (χ3n) is 4.23. The molecule has 2 amide bonds. The topological polar surface area (TPSA) is 75.7 Å². The monoisotopic (exact) mass is 454 g/mol. The van der Waals surface area contributed by atoms with Gasteiger partial charge in [-0.05, 0) is 30.7 Å². The third-order valence-corrected chi connectivity index (χ3v) is 5.72. The van der Waals surface area contributed by atoms with Crippen molar-refractivity contribution in [2.75, 3.05) is 19.0 Å². The lowest BCUT2D eigenvalue weighted by Crippen LogP contribution is -2.31. The van der Waals surface area contributed by atoms with E-state index in [4.69, 9.17) is 16.3 Å². The van der Waals surface area contributed by atoms with E-state index in [0.717, 1.165) is 11.3 Å². The normalized spacial score (nSPS) is 11.2. The first kappa shape index (κ1) is 23.8. The van der Waals surface area contributed by atoms with E-state index in [1.807, 2.05) is 0 Å². The third kappa shape index (κ3) is 6.03. The summed E-state index contributed by atoms with van der Waals surface area (Å²) in [7, 11) is 1.47. The number of hydrogen-bond donors (Lipinski definition) is 1. The van der Waals surface area contributed by atoms with Gasteiger partial charge in [0, 0.05) is 29.6 Å². The van der Waals surface area contributed by atoms with Crippen molar-refractivity contribution < 1.29 is 23.5 Å². The molecule has 0 aliphatic carbocycles. The van der Waals surface area contributed by atoms with Crippen LogP contribution in [-0.4, -0.2) is 36.3 Å². The molecule has 0 aliphatic heterocycles. The van der Waals surface area contributed by atoms with E-state index in [2.05, 4.69) is 5.32 Å². The van der Waals surface area contributed by atoms with Crippen LogP contribution in [0.3, 0.4) is 0 Å². The second-order valence-electron chi connectivity index (χ2n) is 7.85. The summed E-state index contributed by atoms with van der Waals surface area (Å²) in [6.45, 7) is 6.52. The molecule has 2 aromatic rings. The van der Waals surface area contributed by atoms with Gasteiger partial charge in [0.15, 0.2) is 6.61 Å². The van der Waals surface area contributed by atoms with Crippen molar-refractivity contribution in [2.24, 2.45) is 5.41 Å². The molecule has 0 atom stereocenters. The molecule has 9 heteroatoms. The van der Waals surface area contributed by atoms with Crippen molar-refractivity contribution >= 4 is 45.7 Å². The van der Waals surface area contributed by atoms with Gasteiger partial charge in [-0.3, -0.25) is 9.59 Å². The minimum Gasteiger partial charge on any atom is -0.451 e. The predicted octanol–water partition coefficient (Wildman–Crippen LogP) is 4.65. The zero-order chi connectivity index (χ0) is 22.6. The number of esters is 1. The SMILES string of the molecule is Cc1cc(NC(=O)C(C)(C)C)sc1C(=O)OCC(=O)N(C)Cc1c(F)cccc1Cl. The molecule has 1 N–H and O–H groups in total. The molecule has 0 fully saturated rings. The fourth-order valence-electron chi connectivity index (χ4n) is 2.36. The summed E-state index contributed by atoms with van der Waals surface area (Å²) >= 11 is 7.06. The zero-order valence-corrected chi connectivity index (χ0v) is 19.0. The van der Waals surface area contributed by atoms with Crippen LogP contribution in [0.4, 0.5) is 9.39 Å². The average molecular weight is 455 g/mol. The molecule has 0 unspecified atom stereocenters. The standard InChI is InChI=1S/C21H24ClFN2O4S/c1-12-9-16(24-20(28)21(2,3)4)30-18(12)19(27)29-11-17(26)25(5)10-13-14(22)7-6-8-15(13)23/h6-9H,10-11H2,1-5H3,(H,24,28). The molecule has 6 nitrogen and oxygen atoms in total. The maximum absolute atomic E-state index is 13.9. The number of benzene rings is 1. The number of aryl methyl sites for hydroxylation is 1. The molecule has 2 rings (SSSR count). The molecule has 0 aliphatic rings. The lowest BCUT2D eigenvalue weighted by atomic mass is 9.96. The maximum atomic E-state index is 13.9. The number of rotatable bonds is 6. The van der Waals surface area contributed by atoms with E-state index in [9.17, 15) is 18.8 Å². The molecular formula is C21H24ClFN2O4S. The van der Waals surface area contributed by atoms with E-state index in [-0.39, 0.29) is 23.0 Å². The van der Waals surface area contributed by atoms with Gasteiger partial charge in [-0.1, -0.05) is 38.4 Å². The number of amides is 2. The van der Waals surface area contributed by atoms with E-state index < -0.39 is 29.7 Å². The Morgan fingerprint density at radius 3 is 2.53 bits per heavy atom. The first-order valence-corrected chi connectivity index (χ1v) is 10.4. The van der Waals surface area contributed by atoms with Gasteiger partial charge in [-0.25, -0.2) is 9.18 Å². The number of carbonyl (C=O) groups is 3. The fourth-order valence-corrected chi connectivity index (χ4v) is 3.54. The number of nitrogens with zero attached hydrogens (tertiary/aromatic N) is 1. The lowest BCUT2D eigenvalue weighted by Gasteiger charge is -2.18. The molecule has 1 aromatic heterocycles. The smallest absolute Gasteiger partial charge is 0.349 e. The van der Waals surface area contributed by atoms with Crippen molar-refractivity contribution in [3.8, 4) is 0 Å². The highest BCUT2D eigenvalue weighted by Crippen LogP contribution is 2.29. The van der Waals surface area contributed by atoms with E-state index >= 15 is 0 Å². The number of nitrogens with one attached hydrogen (secondary N) is 1. The largest absolute Gasteiger partial charge is 0.451 e. The average Bonchev–Trinajstić information content (AvgIpc) is 3.01. The summed E-state index contributed by atoms with van der Waals surface area (Å²) in [5, 5.41) is 3.51. The molecule has 0 saturated heterocycles. The van der Waals surface area contributed by atoms with Gasteiger partial charge in [-0.2, -0.15) is 0 Å². The Morgan fingerprint density at radius 1 is 1.27 bits per heavy atom. The summed E-state index contributed by atoms with van der Waals surface area (Å²) in [6.07, 6.45) is 0. The minimum atomic E-state index is -0.667. The summed E-state index contributed by atoms with van der Waals surface area (Å²) < 4.78 is 19.0. The summed E-state index contributed by atoms with van der Waals surface area (Å²) in [6, 6.07) is 5.95. The molecule has 0 saturated carbocycles. The van der Waals surface area contributed by atoms with Crippen LogP contribution in [0.15, 0.2) is 24.3 Å². The number of ether oxygens (including phenoxy) is 1. The van der Waals surface area contributed by atoms with Crippen molar-refractivity contribution in [2.45, 2.75) is 34.2 Å². The van der Waals surface area contributed by atoms with E-state index in [0.29, 0.717) is 15.4 Å². The lowest BCUT2D eigenvalue weighted by molar-refractivity contribution is -0.133. The van der Waals surface area contributed by atoms with Crippen molar-refractivity contribution in [1.29, 1.82) is 0 Å². The van der Waals surface area contributed by atoms with Gasteiger partial charge < -0.3 is 15.0 Å². The first-order valence-electron chi connectivity index (χ1n) is 9.16. The molecule has 0 radical (unpaired) electrons. The molecule has 162 valence electrons. The number of likely N-dealkylation sites (N-methyl/N-ethyl adjacent to an activating group) is 1. The highest BCUT2D eigenvalue weighted by atomic mass is 35.5. The number of hydrogen-bond acceptors (Lipinski definition) is 5. The van der Waals surface area contributed by atoms with Gasteiger partial charge in [0.1, 0.15) is 10.7 Å². The fraction of sp³-hybridized carbons (Fsp3) is 0.381. The predicted molar refractivity (Wildman–Crippen MR) is 115 cm³/mol. The van der Waals surface area contributed by atoms with Crippen LogP contribution in [-0.2, 0) is 20.9 Å². The van der Waals surface area contributed by atoms with Gasteiger partial charge in [0.2, 0.25) is 5.91 Å². The molecule has 0 spiro atoms. The van der Waals surface area contributed by atoms with Gasteiger partial charge in [0.25, 0.3) is 5.91 Å². The highest BCUT2D eigenvalue weighted by molar-refractivity contribution is 7.18. The van der Waals surface area contributed by atoms with Crippen LogP contribution in [0.1, 0.15) is 41.6 Å². The number of anilines is 1. The summed E-state index contributed by atoms with van der Waals surface area (Å²) in [5.74, 6) is -1.86. The van der Waals surface area contributed by atoms with Crippen LogP contribution in [0.25, 0.3) is 0 Å². The second-order valence-corrected chi connectivity index (χ2v) is 9.31. The summed E-state index contributed by atoms with van der Waals surface area (Å²) in [5.41, 5.74) is 0.249. The van der Waals surface area contributed by atoms with E-state index in [1.165, 1.54) is 30.1 Å². The maximum Gasteiger partial charge on any atom is 0.349 e. The van der Waals surface area contributed by atoms with E-state index in [1.54, 1.807) is 33.8 Å². The molecule has 1 aromatic carbocycles. The Kier molecular flexibility index (Phi) is 7.60. The van der Waals surface area contributed by atoms with Crippen LogP contribution < -0.4 is 5.32 Å². The van der Waals surface area contributed by atoms with Crippen molar-refractivity contribution in [3.63, 3.8) is 0 Å². The first-order chi connectivity index (χ1) is 13.9. The summed E-state index contributed by atoms with van der Waals surface area (Å²) in [4.78, 5) is 38.3. The van der Waals surface area contributed by atoms with Crippen molar-refractivity contribution in [1.82, 2.24) is 4.90 Å². The van der Waals surface area contributed by atoms with Crippen molar-refractivity contribution in [3.05, 3.63) is 51.1 Å². The molecular weight excluding hydrogens is 431 g/mol. The van der Waals surface area contributed by atoms with Crippen LogP contribution in [0.2, 0.25) is 5.02 Å². The minimum absolute atomic E-state index is 0.0527. The Hall–Kier alpha value is -2.45. The number of thiophene rings is 1. The van der Waals surface area contributed by atoms with Gasteiger partial charge >= 0.3 is 5.97 Å². The Labute approximate surface area is 184 Å². The van der Waals surface area contributed by atoms with Crippen LogP contribution in [0, 0.1) is 18.2 Å². The molecule has 0 bridgehead atoms. The Morgan fingerprint density at radius 2 is 1.93 bits per heavy atom. The quantitative estimate of drug-likeness (QED) is 0.644. The van der Waals surface area contributed by atoms with Crippen LogP contribution in [0.5, 0.6) is 0 Å².